The fourth-order valence-electron chi connectivity index (χ4n) is 10.7. The monoisotopic (exact) mass is 795 g/mol. The highest BCUT2D eigenvalue weighted by molar-refractivity contribution is 6.17. The summed E-state index contributed by atoms with van der Waals surface area (Å²) in [6, 6.07) is 73.4. The molecular formula is C60H45NO. The Bertz CT molecular complexity index is 3370. The Morgan fingerprint density at radius 1 is 0.339 bits per heavy atom. The molecule has 2 aliphatic carbocycles. The Kier molecular flexibility index (Phi) is 7.96. The van der Waals surface area contributed by atoms with Crippen molar-refractivity contribution in [1.82, 2.24) is 0 Å². The third kappa shape index (κ3) is 5.43. The van der Waals surface area contributed by atoms with Crippen LogP contribution < -0.4 is 4.90 Å². The quantitative estimate of drug-likeness (QED) is 0.167. The highest BCUT2D eigenvalue weighted by atomic mass is 16.3. The van der Waals surface area contributed by atoms with Crippen molar-refractivity contribution in [3.05, 3.63) is 222 Å². The van der Waals surface area contributed by atoms with Gasteiger partial charge in [-0.05, 0) is 127 Å². The molecule has 62 heavy (non-hydrogen) atoms. The van der Waals surface area contributed by atoms with E-state index in [0.29, 0.717) is 0 Å². The molecule has 0 saturated heterocycles. The third-order valence-electron chi connectivity index (χ3n) is 13.9. The van der Waals surface area contributed by atoms with E-state index in [1.165, 1.54) is 55.6 Å². The molecule has 0 spiro atoms. The van der Waals surface area contributed by atoms with Crippen LogP contribution in [-0.2, 0) is 10.8 Å². The predicted octanol–water partition coefficient (Wildman–Crippen LogP) is 16.7. The predicted molar refractivity (Wildman–Crippen MR) is 260 cm³/mol. The summed E-state index contributed by atoms with van der Waals surface area (Å²) in [6.07, 6.45) is 0. The summed E-state index contributed by atoms with van der Waals surface area (Å²) in [5, 5.41) is 2.29. The summed E-state index contributed by atoms with van der Waals surface area (Å²) in [6.45, 7) is 9.35. The fourth-order valence-corrected chi connectivity index (χ4v) is 10.7. The van der Waals surface area contributed by atoms with Crippen LogP contribution in [0.3, 0.4) is 0 Å². The molecule has 0 N–H and O–H groups in total. The summed E-state index contributed by atoms with van der Waals surface area (Å²) < 4.78 is 7.00. The second kappa shape index (κ2) is 13.5. The van der Waals surface area contributed by atoms with Crippen molar-refractivity contribution in [3.63, 3.8) is 0 Å². The maximum atomic E-state index is 7.00. The van der Waals surface area contributed by atoms with Gasteiger partial charge in [0.15, 0.2) is 0 Å². The van der Waals surface area contributed by atoms with Gasteiger partial charge in [-0.25, -0.2) is 0 Å². The summed E-state index contributed by atoms with van der Waals surface area (Å²) >= 11 is 0. The average molecular weight is 796 g/mol. The lowest BCUT2D eigenvalue weighted by Gasteiger charge is -2.27. The Labute approximate surface area is 363 Å². The normalized spacial score (nSPS) is 14.1. The molecule has 0 amide bonds. The van der Waals surface area contributed by atoms with Crippen LogP contribution in [-0.4, -0.2) is 0 Å². The van der Waals surface area contributed by atoms with Crippen LogP contribution in [0, 0.1) is 0 Å². The first-order valence-electron chi connectivity index (χ1n) is 21.8. The molecule has 0 unspecified atom stereocenters. The van der Waals surface area contributed by atoms with Crippen LogP contribution in [0.25, 0.3) is 77.6 Å². The molecule has 0 fully saturated rings. The van der Waals surface area contributed by atoms with Crippen molar-refractivity contribution < 1.29 is 4.42 Å². The number of nitrogens with zero attached hydrogens (tertiary/aromatic N) is 1. The minimum atomic E-state index is -0.119. The summed E-state index contributed by atoms with van der Waals surface area (Å²) in [5.41, 5.74) is 22.6. The molecule has 12 rings (SSSR count). The Balaban J connectivity index is 1.02. The zero-order valence-corrected chi connectivity index (χ0v) is 35.4. The van der Waals surface area contributed by atoms with Gasteiger partial charge in [0.25, 0.3) is 0 Å². The SMILES string of the molecule is CC1(C)c2ccccc2-c2cc(N(c3ccc(-c4ccccc4)cc3)c3ccc(-c4ccc(-c5ccccc5)c5oc6cc7c(cc6c45)-c4ccccc4C7(C)C)cc3)ccc21. The van der Waals surface area contributed by atoms with Gasteiger partial charge in [0, 0.05) is 44.2 Å². The highest BCUT2D eigenvalue weighted by Crippen LogP contribution is 2.53. The second-order valence-electron chi connectivity index (χ2n) is 18.1. The zero-order chi connectivity index (χ0) is 41.7. The molecule has 2 aliphatic rings. The standard InChI is InChI=1S/C60H45NO/c1-59(2)52-21-13-11-19-47(52)49-35-44(31-34-54(49)59)61(42-27-23-39(24-28-42)38-15-7-5-8-16-38)43-29-25-41(26-30-43)45-32-33-46(40-17-9-6-10-18-40)58-57(45)51-36-50-48-20-12-14-22-53(48)60(3,4)55(50)37-56(51)62-58/h5-37H,1-4H3. The van der Waals surface area contributed by atoms with E-state index in [0.717, 1.165) is 61.3 Å². The smallest absolute Gasteiger partial charge is 0.143 e. The summed E-state index contributed by atoms with van der Waals surface area (Å²) in [4.78, 5) is 2.40. The van der Waals surface area contributed by atoms with Crippen LogP contribution in [0.2, 0.25) is 0 Å². The van der Waals surface area contributed by atoms with E-state index >= 15 is 0 Å². The van der Waals surface area contributed by atoms with Crippen LogP contribution in [0.4, 0.5) is 17.1 Å². The second-order valence-corrected chi connectivity index (χ2v) is 18.1. The summed E-state index contributed by atoms with van der Waals surface area (Å²) in [7, 11) is 0. The minimum Gasteiger partial charge on any atom is -0.455 e. The van der Waals surface area contributed by atoms with E-state index in [1.54, 1.807) is 0 Å². The molecule has 1 aromatic heterocycles. The topological polar surface area (TPSA) is 16.4 Å². The molecule has 0 aliphatic heterocycles. The van der Waals surface area contributed by atoms with Gasteiger partial charge in [0.2, 0.25) is 0 Å². The number of furan rings is 1. The molecule has 0 bridgehead atoms. The van der Waals surface area contributed by atoms with Gasteiger partial charge in [-0.1, -0.05) is 173 Å². The van der Waals surface area contributed by atoms with Crippen molar-refractivity contribution in [3.8, 4) is 55.6 Å². The number of hydrogen-bond acceptors (Lipinski definition) is 2. The van der Waals surface area contributed by atoms with Crippen molar-refractivity contribution in [1.29, 1.82) is 0 Å². The van der Waals surface area contributed by atoms with Crippen LogP contribution in [0.5, 0.6) is 0 Å². The first kappa shape index (κ1) is 36.4. The molecule has 0 saturated carbocycles. The Morgan fingerprint density at radius 2 is 0.806 bits per heavy atom. The zero-order valence-electron chi connectivity index (χ0n) is 35.4. The van der Waals surface area contributed by atoms with Gasteiger partial charge >= 0.3 is 0 Å². The van der Waals surface area contributed by atoms with Crippen molar-refractivity contribution >= 4 is 39.0 Å². The average Bonchev–Trinajstić information content (AvgIpc) is 3.89. The van der Waals surface area contributed by atoms with E-state index < -0.39 is 0 Å². The molecule has 2 heteroatoms. The molecular weight excluding hydrogens is 751 g/mol. The molecule has 1 heterocycles. The largest absolute Gasteiger partial charge is 0.455 e. The maximum Gasteiger partial charge on any atom is 0.143 e. The van der Waals surface area contributed by atoms with Gasteiger partial charge in [-0.2, -0.15) is 0 Å². The molecule has 0 radical (unpaired) electrons. The van der Waals surface area contributed by atoms with Gasteiger partial charge in [-0.15, -0.1) is 0 Å². The third-order valence-corrected chi connectivity index (χ3v) is 13.9. The molecule has 296 valence electrons. The Hall–Kier alpha value is -7.42. The van der Waals surface area contributed by atoms with Gasteiger partial charge in [-0.3, -0.25) is 0 Å². The van der Waals surface area contributed by atoms with E-state index in [4.69, 9.17) is 4.42 Å². The highest BCUT2D eigenvalue weighted by Gasteiger charge is 2.37. The molecule has 2 nitrogen and oxygen atoms in total. The maximum absolute atomic E-state index is 7.00. The van der Waals surface area contributed by atoms with E-state index in [-0.39, 0.29) is 10.8 Å². The number of anilines is 3. The van der Waals surface area contributed by atoms with Crippen LogP contribution in [0.1, 0.15) is 49.9 Å². The van der Waals surface area contributed by atoms with E-state index in [9.17, 15) is 0 Å². The number of rotatable bonds is 6. The van der Waals surface area contributed by atoms with E-state index in [1.807, 2.05) is 0 Å². The number of hydrogen-bond donors (Lipinski definition) is 0. The lowest BCUT2D eigenvalue weighted by molar-refractivity contribution is 0.648. The summed E-state index contributed by atoms with van der Waals surface area (Å²) in [5.74, 6) is 0. The van der Waals surface area contributed by atoms with Gasteiger partial charge in [0.05, 0.1) is 0 Å². The molecule has 10 aromatic rings. The van der Waals surface area contributed by atoms with E-state index in [2.05, 4.69) is 233 Å². The molecule has 0 atom stereocenters. The fraction of sp³-hybridized carbons (Fsp3) is 0.100. The number of fused-ring (bicyclic) bond motifs is 9. The van der Waals surface area contributed by atoms with Crippen LogP contribution >= 0.6 is 0 Å². The van der Waals surface area contributed by atoms with Crippen molar-refractivity contribution in [2.24, 2.45) is 0 Å². The molecule has 9 aromatic carbocycles. The van der Waals surface area contributed by atoms with Crippen LogP contribution in [0.15, 0.2) is 205 Å². The van der Waals surface area contributed by atoms with Crippen molar-refractivity contribution in [2.45, 2.75) is 38.5 Å². The first-order chi connectivity index (χ1) is 30.3. The van der Waals surface area contributed by atoms with Gasteiger partial charge < -0.3 is 9.32 Å². The lowest BCUT2D eigenvalue weighted by atomic mass is 9.82. The first-order valence-corrected chi connectivity index (χ1v) is 21.8. The lowest BCUT2D eigenvalue weighted by Crippen LogP contribution is -2.15. The number of benzene rings is 9. The van der Waals surface area contributed by atoms with Crippen molar-refractivity contribution in [2.75, 3.05) is 4.90 Å². The van der Waals surface area contributed by atoms with Gasteiger partial charge in [0.1, 0.15) is 11.2 Å². The minimum absolute atomic E-state index is 0.0629. The Morgan fingerprint density at radius 3 is 1.45 bits per heavy atom.